The summed E-state index contributed by atoms with van der Waals surface area (Å²) in [4.78, 5) is 11.4. The Kier molecular flexibility index (Phi) is 1.81. The van der Waals surface area contributed by atoms with Crippen LogP contribution in [-0.4, -0.2) is 4.57 Å². The molecule has 13 heavy (non-hydrogen) atoms. The molecule has 1 aromatic heterocycles. The van der Waals surface area contributed by atoms with Crippen molar-refractivity contribution in [3.05, 3.63) is 40.0 Å². The van der Waals surface area contributed by atoms with Crippen LogP contribution in [0.25, 0.3) is 16.3 Å². The third-order valence-corrected chi connectivity index (χ3v) is 3.05. The van der Waals surface area contributed by atoms with E-state index < -0.39 is 0 Å². The Hall–Kier alpha value is -1.35. The number of nitrogens with zero attached hydrogens (tertiary/aromatic N) is 1. The average Bonchev–Trinajstić information content (AvgIpc) is 2.42. The first-order chi connectivity index (χ1) is 6.22. The predicted molar refractivity (Wildman–Crippen MR) is 57.2 cm³/mol. The Morgan fingerprint density at radius 1 is 1.54 bits per heavy atom. The number of fused-ring (bicyclic) bond motifs is 1. The molecule has 0 amide bonds. The number of rotatable bonds is 1. The third-order valence-electron chi connectivity index (χ3n) is 2.05. The fraction of sp³-hybridized carbons (Fsp3) is 0.100. The first-order valence-electron chi connectivity index (χ1n) is 3.94. The number of benzene rings is 1. The second kappa shape index (κ2) is 2.85. The molecule has 0 atom stereocenters. The van der Waals surface area contributed by atoms with E-state index in [-0.39, 0.29) is 4.87 Å². The quantitative estimate of drug-likeness (QED) is 0.677. The van der Waals surface area contributed by atoms with E-state index in [9.17, 15) is 4.79 Å². The Bertz CT molecular complexity index is 521. The van der Waals surface area contributed by atoms with Crippen LogP contribution in [0.5, 0.6) is 0 Å². The van der Waals surface area contributed by atoms with Gasteiger partial charge in [0.15, 0.2) is 0 Å². The molecular formula is C10H9NOS. The Labute approximate surface area is 79.7 Å². The molecule has 66 valence electrons. The minimum Gasteiger partial charge on any atom is -0.302 e. The van der Waals surface area contributed by atoms with Crippen molar-refractivity contribution in [2.24, 2.45) is 7.05 Å². The summed E-state index contributed by atoms with van der Waals surface area (Å²) in [5.74, 6) is 0. The van der Waals surface area contributed by atoms with Crippen LogP contribution in [0.2, 0.25) is 0 Å². The third kappa shape index (κ3) is 1.21. The van der Waals surface area contributed by atoms with E-state index in [0.29, 0.717) is 0 Å². The maximum atomic E-state index is 11.3. The maximum absolute atomic E-state index is 11.3. The van der Waals surface area contributed by atoms with Gasteiger partial charge in [0.1, 0.15) is 0 Å². The van der Waals surface area contributed by atoms with Crippen LogP contribution in [0.1, 0.15) is 5.56 Å². The van der Waals surface area contributed by atoms with E-state index in [4.69, 9.17) is 0 Å². The van der Waals surface area contributed by atoms with Gasteiger partial charge >= 0.3 is 4.87 Å². The van der Waals surface area contributed by atoms with E-state index in [0.717, 1.165) is 15.8 Å². The summed E-state index contributed by atoms with van der Waals surface area (Å²) in [6.45, 7) is 3.69. The maximum Gasteiger partial charge on any atom is 0.307 e. The number of hydrogen-bond donors (Lipinski definition) is 0. The van der Waals surface area contributed by atoms with Crippen molar-refractivity contribution in [3.8, 4) is 0 Å². The normalized spacial score (nSPS) is 10.5. The van der Waals surface area contributed by atoms with Crippen molar-refractivity contribution < 1.29 is 0 Å². The molecule has 1 aromatic carbocycles. The number of aromatic nitrogens is 1. The first-order valence-corrected chi connectivity index (χ1v) is 4.76. The molecular weight excluding hydrogens is 182 g/mol. The summed E-state index contributed by atoms with van der Waals surface area (Å²) in [6.07, 6.45) is 1.78. The van der Waals surface area contributed by atoms with Gasteiger partial charge < -0.3 is 4.57 Å². The lowest BCUT2D eigenvalue weighted by Crippen LogP contribution is -2.06. The van der Waals surface area contributed by atoms with E-state index in [1.54, 1.807) is 17.7 Å². The molecule has 0 aliphatic rings. The van der Waals surface area contributed by atoms with Crippen molar-refractivity contribution in [2.45, 2.75) is 0 Å². The SMILES string of the molecule is C=Cc1ccc2c(c1)sc(=O)n2C. The van der Waals surface area contributed by atoms with Crippen LogP contribution in [-0.2, 0) is 7.05 Å². The van der Waals surface area contributed by atoms with Crippen LogP contribution in [0.15, 0.2) is 29.6 Å². The highest BCUT2D eigenvalue weighted by Crippen LogP contribution is 2.18. The van der Waals surface area contributed by atoms with Gasteiger partial charge in [0.05, 0.1) is 10.2 Å². The van der Waals surface area contributed by atoms with Gasteiger partial charge in [-0.1, -0.05) is 30.1 Å². The van der Waals surface area contributed by atoms with Gasteiger partial charge in [0.2, 0.25) is 0 Å². The summed E-state index contributed by atoms with van der Waals surface area (Å²) in [5.41, 5.74) is 2.04. The molecule has 0 saturated heterocycles. The predicted octanol–water partition coefficient (Wildman–Crippen LogP) is 2.24. The molecule has 0 bridgehead atoms. The Balaban J connectivity index is 2.87. The molecule has 3 heteroatoms. The number of thiazole rings is 1. The van der Waals surface area contributed by atoms with Gasteiger partial charge in [-0.15, -0.1) is 0 Å². The highest BCUT2D eigenvalue weighted by Gasteiger charge is 2.02. The Morgan fingerprint density at radius 2 is 2.31 bits per heavy atom. The van der Waals surface area contributed by atoms with Crippen LogP contribution >= 0.6 is 11.3 Å². The van der Waals surface area contributed by atoms with Gasteiger partial charge in [-0.2, -0.15) is 0 Å². The molecule has 0 aliphatic carbocycles. The summed E-state index contributed by atoms with van der Waals surface area (Å²) in [6, 6.07) is 5.89. The molecule has 0 N–H and O–H groups in total. The van der Waals surface area contributed by atoms with Gasteiger partial charge in [-0.25, -0.2) is 0 Å². The molecule has 0 radical (unpaired) electrons. The lowest BCUT2D eigenvalue weighted by Gasteiger charge is -1.94. The minimum absolute atomic E-state index is 0.0798. The molecule has 2 nitrogen and oxygen atoms in total. The van der Waals surface area contributed by atoms with E-state index >= 15 is 0 Å². The smallest absolute Gasteiger partial charge is 0.302 e. The molecule has 2 aromatic rings. The largest absolute Gasteiger partial charge is 0.307 e. The molecule has 2 rings (SSSR count). The molecule has 0 aliphatic heterocycles. The summed E-state index contributed by atoms with van der Waals surface area (Å²) in [5, 5.41) is 0. The van der Waals surface area contributed by atoms with Gasteiger partial charge in [0.25, 0.3) is 0 Å². The second-order valence-electron chi connectivity index (χ2n) is 2.86. The zero-order chi connectivity index (χ0) is 9.42. The molecule has 1 heterocycles. The highest BCUT2D eigenvalue weighted by molar-refractivity contribution is 7.16. The molecule has 0 fully saturated rings. The van der Waals surface area contributed by atoms with Crippen LogP contribution in [0.4, 0.5) is 0 Å². The average molecular weight is 191 g/mol. The topological polar surface area (TPSA) is 22.0 Å². The van der Waals surface area contributed by atoms with Gasteiger partial charge in [0, 0.05) is 7.05 Å². The summed E-state index contributed by atoms with van der Waals surface area (Å²) >= 11 is 1.27. The monoisotopic (exact) mass is 191 g/mol. The van der Waals surface area contributed by atoms with E-state index in [1.807, 2.05) is 18.2 Å². The fourth-order valence-electron chi connectivity index (χ4n) is 1.28. The Morgan fingerprint density at radius 3 is 3.00 bits per heavy atom. The van der Waals surface area contributed by atoms with Crippen molar-refractivity contribution in [1.29, 1.82) is 0 Å². The zero-order valence-electron chi connectivity index (χ0n) is 7.28. The van der Waals surface area contributed by atoms with Crippen LogP contribution in [0, 0.1) is 0 Å². The number of aryl methyl sites for hydroxylation is 1. The highest BCUT2D eigenvalue weighted by atomic mass is 32.1. The van der Waals surface area contributed by atoms with Crippen molar-refractivity contribution >= 4 is 27.6 Å². The molecule has 0 spiro atoms. The summed E-state index contributed by atoms with van der Waals surface area (Å²) in [7, 11) is 1.79. The number of hydrogen-bond acceptors (Lipinski definition) is 2. The van der Waals surface area contributed by atoms with Crippen molar-refractivity contribution in [2.75, 3.05) is 0 Å². The molecule has 0 unspecified atom stereocenters. The van der Waals surface area contributed by atoms with Crippen LogP contribution in [0.3, 0.4) is 0 Å². The second-order valence-corrected chi connectivity index (χ2v) is 3.85. The fourth-order valence-corrected chi connectivity index (χ4v) is 2.21. The van der Waals surface area contributed by atoms with Gasteiger partial charge in [-0.3, -0.25) is 4.79 Å². The lowest BCUT2D eigenvalue weighted by atomic mass is 10.2. The van der Waals surface area contributed by atoms with Gasteiger partial charge in [-0.05, 0) is 17.7 Å². The zero-order valence-corrected chi connectivity index (χ0v) is 8.10. The summed E-state index contributed by atoms with van der Waals surface area (Å²) < 4.78 is 2.68. The van der Waals surface area contributed by atoms with Crippen molar-refractivity contribution in [3.63, 3.8) is 0 Å². The standard InChI is InChI=1S/C10H9NOS/c1-3-7-4-5-8-9(6-7)13-10(12)11(8)2/h3-6H,1H2,2H3. The van der Waals surface area contributed by atoms with E-state index in [2.05, 4.69) is 6.58 Å². The van der Waals surface area contributed by atoms with Crippen LogP contribution < -0.4 is 4.87 Å². The first kappa shape index (κ1) is 8.26. The molecule has 0 saturated carbocycles. The van der Waals surface area contributed by atoms with E-state index in [1.165, 1.54) is 11.3 Å². The van der Waals surface area contributed by atoms with Crippen molar-refractivity contribution in [1.82, 2.24) is 4.57 Å². The lowest BCUT2D eigenvalue weighted by molar-refractivity contribution is 0.939. The minimum atomic E-state index is 0.0798.